The van der Waals surface area contributed by atoms with Crippen LogP contribution in [0.2, 0.25) is 0 Å². The number of hydrogen-bond acceptors (Lipinski definition) is 6. The van der Waals surface area contributed by atoms with Crippen LogP contribution in [0.1, 0.15) is 52.6 Å². The van der Waals surface area contributed by atoms with Crippen molar-refractivity contribution in [3.63, 3.8) is 0 Å². The summed E-state index contributed by atoms with van der Waals surface area (Å²) >= 11 is 3.03. The van der Waals surface area contributed by atoms with Crippen molar-refractivity contribution in [2.45, 2.75) is 51.0 Å². The first-order valence-corrected chi connectivity index (χ1v) is 12.2. The summed E-state index contributed by atoms with van der Waals surface area (Å²) < 4.78 is 0. The number of carbonyl (C=O) groups excluding carboxylic acids is 3. The van der Waals surface area contributed by atoms with E-state index in [1.54, 1.807) is 11.3 Å². The normalized spacial score (nSPS) is 24.5. The fourth-order valence-electron chi connectivity index (χ4n) is 4.95. The van der Waals surface area contributed by atoms with Gasteiger partial charge in [0.05, 0.1) is 5.56 Å². The Morgan fingerprint density at radius 3 is 3.03 bits per heavy atom. The first kappa shape index (κ1) is 20.2. The number of hydrogen-bond donors (Lipinski definition) is 2. The van der Waals surface area contributed by atoms with Crippen LogP contribution in [0.3, 0.4) is 0 Å². The van der Waals surface area contributed by atoms with Crippen molar-refractivity contribution in [3.8, 4) is 6.07 Å². The minimum atomic E-state index is -1.05. The van der Waals surface area contributed by atoms with Crippen LogP contribution in [0.5, 0.6) is 0 Å². The SMILES string of the molecule is C[C@H]1CCc2c(sc(NC(=O)CN3C(=O)N[C@]4(CCCc5sccc54)C3=O)c2C#N)C1. The smallest absolute Gasteiger partial charge is 0.319 e. The molecule has 0 aromatic carbocycles. The second-order valence-corrected chi connectivity index (χ2v) is 10.7. The van der Waals surface area contributed by atoms with Crippen molar-refractivity contribution < 1.29 is 14.4 Å². The van der Waals surface area contributed by atoms with Gasteiger partial charge in [0, 0.05) is 15.3 Å². The van der Waals surface area contributed by atoms with Gasteiger partial charge in [-0.2, -0.15) is 5.26 Å². The number of aryl methyl sites for hydroxylation is 1. The minimum Gasteiger partial charge on any atom is -0.319 e. The Balaban J connectivity index is 1.35. The standard InChI is InChI=1S/C22H22N4O3S2/c1-12-4-5-13-14(10-23)19(31-17(13)9-12)24-18(27)11-26-20(28)22(25-21(26)29)7-2-3-16-15(22)6-8-30-16/h6,8,12H,2-5,7,9,11H2,1H3,(H,24,27)(H,25,29)/t12-,22-/m0/s1. The molecule has 7 nitrogen and oxygen atoms in total. The molecule has 1 spiro atoms. The van der Waals surface area contributed by atoms with Crippen molar-refractivity contribution in [1.29, 1.82) is 5.26 Å². The third-order valence-corrected chi connectivity index (χ3v) is 8.67. The molecule has 31 heavy (non-hydrogen) atoms. The van der Waals surface area contributed by atoms with Crippen molar-refractivity contribution >= 4 is 45.5 Å². The lowest BCUT2D eigenvalue weighted by Crippen LogP contribution is -2.46. The number of anilines is 1. The molecular formula is C22H22N4O3S2. The van der Waals surface area contributed by atoms with E-state index in [-0.39, 0.29) is 12.5 Å². The van der Waals surface area contributed by atoms with Crippen LogP contribution in [-0.2, 0) is 34.4 Å². The maximum Gasteiger partial charge on any atom is 0.325 e. The van der Waals surface area contributed by atoms with Crippen LogP contribution in [-0.4, -0.2) is 29.3 Å². The maximum absolute atomic E-state index is 13.3. The second-order valence-electron chi connectivity index (χ2n) is 8.55. The van der Waals surface area contributed by atoms with Crippen LogP contribution < -0.4 is 10.6 Å². The molecule has 0 unspecified atom stereocenters. The Hall–Kier alpha value is -2.70. The van der Waals surface area contributed by atoms with Gasteiger partial charge in [0.1, 0.15) is 23.2 Å². The Morgan fingerprint density at radius 1 is 1.39 bits per heavy atom. The molecular weight excluding hydrogens is 432 g/mol. The largest absolute Gasteiger partial charge is 0.325 e. The van der Waals surface area contributed by atoms with Gasteiger partial charge in [0.25, 0.3) is 5.91 Å². The quantitative estimate of drug-likeness (QED) is 0.693. The zero-order valence-electron chi connectivity index (χ0n) is 17.1. The molecule has 2 aliphatic carbocycles. The van der Waals surface area contributed by atoms with Crippen LogP contribution in [0.15, 0.2) is 11.4 Å². The maximum atomic E-state index is 13.3. The minimum absolute atomic E-state index is 0.365. The molecule has 5 rings (SSSR count). The summed E-state index contributed by atoms with van der Waals surface area (Å²) in [6.07, 6.45) is 5.02. The molecule has 1 saturated heterocycles. The Morgan fingerprint density at radius 2 is 2.23 bits per heavy atom. The zero-order valence-corrected chi connectivity index (χ0v) is 18.8. The summed E-state index contributed by atoms with van der Waals surface area (Å²) in [5, 5.41) is 17.7. The third-order valence-electron chi connectivity index (χ3n) is 6.51. The number of carbonyl (C=O) groups is 3. The number of urea groups is 1. The Bertz CT molecular complexity index is 1140. The van der Waals surface area contributed by atoms with Crippen LogP contribution in [0.25, 0.3) is 0 Å². The molecule has 1 aliphatic heterocycles. The number of rotatable bonds is 3. The summed E-state index contributed by atoms with van der Waals surface area (Å²) in [5.74, 6) is -0.280. The summed E-state index contributed by atoms with van der Waals surface area (Å²) in [4.78, 5) is 42.0. The molecule has 0 bridgehead atoms. The first-order chi connectivity index (χ1) is 14.9. The third kappa shape index (κ3) is 3.17. The molecule has 2 aromatic heterocycles. The summed E-state index contributed by atoms with van der Waals surface area (Å²) in [5.41, 5.74) is 1.35. The predicted octanol–water partition coefficient (Wildman–Crippen LogP) is 3.53. The van der Waals surface area contributed by atoms with Crippen LogP contribution >= 0.6 is 22.7 Å². The number of imide groups is 1. The van der Waals surface area contributed by atoms with E-state index in [0.29, 0.717) is 22.9 Å². The average molecular weight is 455 g/mol. The number of thiophene rings is 2. The van der Waals surface area contributed by atoms with E-state index in [9.17, 15) is 19.6 Å². The number of fused-ring (bicyclic) bond motifs is 3. The lowest BCUT2D eigenvalue weighted by atomic mass is 9.80. The molecule has 2 aromatic rings. The van der Waals surface area contributed by atoms with Crippen molar-refractivity contribution in [3.05, 3.63) is 37.9 Å². The van der Waals surface area contributed by atoms with Gasteiger partial charge in [-0.1, -0.05) is 6.92 Å². The number of nitriles is 1. The van der Waals surface area contributed by atoms with Gasteiger partial charge in [-0.3, -0.25) is 14.5 Å². The van der Waals surface area contributed by atoms with E-state index in [0.717, 1.165) is 57.9 Å². The van der Waals surface area contributed by atoms with Crippen molar-refractivity contribution in [2.75, 3.05) is 11.9 Å². The molecule has 2 N–H and O–H groups in total. The molecule has 4 amide bonds. The van der Waals surface area contributed by atoms with Gasteiger partial charge in [0.2, 0.25) is 5.91 Å². The summed E-state index contributed by atoms with van der Waals surface area (Å²) in [7, 11) is 0. The van der Waals surface area contributed by atoms with Crippen molar-refractivity contribution in [2.24, 2.45) is 5.92 Å². The van der Waals surface area contributed by atoms with E-state index >= 15 is 0 Å². The van der Waals surface area contributed by atoms with E-state index in [1.165, 1.54) is 11.3 Å². The van der Waals surface area contributed by atoms with E-state index in [4.69, 9.17) is 0 Å². The summed E-state index contributed by atoms with van der Waals surface area (Å²) in [6, 6.07) is 3.58. The van der Waals surface area contributed by atoms with Gasteiger partial charge in [-0.05, 0) is 61.5 Å². The van der Waals surface area contributed by atoms with Gasteiger partial charge in [0.15, 0.2) is 0 Å². The second kappa shape index (κ2) is 7.46. The predicted molar refractivity (Wildman–Crippen MR) is 118 cm³/mol. The fraction of sp³-hybridized carbons (Fsp3) is 0.455. The molecule has 1 fully saturated rings. The highest BCUT2D eigenvalue weighted by atomic mass is 32.1. The number of nitrogens with one attached hydrogen (secondary N) is 2. The Labute approximate surface area is 188 Å². The fourth-order valence-corrected chi connectivity index (χ4v) is 7.33. The molecule has 160 valence electrons. The Kier molecular flexibility index (Phi) is 4.87. The van der Waals surface area contributed by atoms with E-state index < -0.39 is 17.5 Å². The highest BCUT2D eigenvalue weighted by Gasteiger charge is 2.54. The van der Waals surface area contributed by atoms with Crippen molar-refractivity contribution in [1.82, 2.24) is 10.2 Å². The van der Waals surface area contributed by atoms with Gasteiger partial charge in [-0.15, -0.1) is 22.7 Å². The lowest BCUT2D eigenvalue weighted by molar-refractivity contribution is -0.134. The molecule has 0 saturated carbocycles. The lowest BCUT2D eigenvalue weighted by Gasteiger charge is -2.31. The van der Waals surface area contributed by atoms with Gasteiger partial charge < -0.3 is 10.6 Å². The molecule has 9 heteroatoms. The average Bonchev–Trinajstić information content (AvgIpc) is 3.40. The first-order valence-electron chi connectivity index (χ1n) is 10.5. The monoisotopic (exact) mass is 454 g/mol. The highest BCUT2D eigenvalue weighted by molar-refractivity contribution is 7.16. The van der Waals surface area contributed by atoms with Crippen LogP contribution in [0.4, 0.5) is 9.80 Å². The number of amides is 4. The van der Waals surface area contributed by atoms with E-state index in [2.05, 4.69) is 23.6 Å². The molecule has 3 aliphatic rings. The highest BCUT2D eigenvalue weighted by Crippen LogP contribution is 2.42. The topological polar surface area (TPSA) is 102 Å². The van der Waals surface area contributed by atoms with Gasteiger partial charge >= 0.3 is 6.03 Å². The van der Waals surface area contributed by atoms with Crippen LogP contribution in [0, 0.1) is 17.2 Å². The summed E-state index contributed by atoms with van der Waals surface area (Å²) in [6.45, 7) is 1.82. The molecule has 0 radical (unpaired) electrons. The molecule has 3 heterocycles. The zero-order chi connectivity index (χ0) is 21.8. The van der Waals surface area contributed by atoms with Gasteiger partial charge in [-0.25, -0.2) is 4.79 Å². The molecule has 2 atom stereocenters. The number of nitrogens with zero attached hydrogens (tertiary/aromatic N) is 2. The van der Waals surface area contributed by atoms with E-state index in [1.807, 2.05) is 11.4 Å².